The molecular formula is C18H14N4O5S. The van der Waals surface area contributed by atoms with E-state index in [9.17, 15) is 14.4 Å². The Hall–Kier alpha value is -3.53. The molecule has 4 rings (SSSR count). The third-order valence-electron chi connectivity index (χ3n) is 4.07. The number of rotatable bonds is 6. The first-order valence-corrected chi connectivity index (χ1v) is 9.24. The summed E-state index contributed by atoms with van der Waals surface area (Å²) < 4.78 is 10.4. The summed E-state index contributed by atoms with van der Waals surface area (Å²) >= 11 is 1.50. The lowest BCUT2D eigenvalue weighted by molar-refractivity contribution is -0.125. The molecule has 2 aromatic heterocycles. The second-order valence-corrected chi connectivity index (χ2v) is 6.68. The highest BCUT2D eigenvalue weighted by molar-refractivity contribution is 7.08. The van der Waals surface area contributed by atoms with E-state index in [1.54, 1.807) is 24.3 Å². The fourth-order valence-electron chi connectivity index (χ4n) is 2.67. The van der Waals surface area contributed by atoms with Crippen molar-refractivity contribution in [3.8, 4) is 11.5 Å². The number of hydrogen-bond donors (Lipinski definition) is 1. The Labute approximate surface area is 162 Å². The van der Waals surface area contributed by atoms with Gasteiger partial charge >= 0.3 is 12.0 Å². The number of esters is 1. The van der Waals surface area contributed by atoms with E-state index < -0.39 is 12.0 Å². The molecule has 1 N–H and O–H groups in total. The van der Waals surface area contributed by atoms with Gasteiger partial charge in [0.2, 0.25) is 11.7 Å². The van der Waals surface area contributed by atoms with Crippen molar-refractivity contribution in [3.05, 3.63) is 58.0 Å². The Morgan fingerprint density at radius 3 is 2.89 bits per heavy atom. The van der Waals surface area contributed by atoms with E-state index in [0.29, 0.717) is 11.5 Å². The van der Waals surface area contributed by atoms with Gasteiger partial charge in [-0.15, -0.1) is 0 Å². The van der Waals surface area contributed by atoms with E-state index in [0.717, 1.165) is 10.5 Å². The van der Waals surface area contributed by atoms with Crippen molar-refractivity contribution < 1.29 is 23.6 Å². The summed E-state index contributed by atoms with van der Waals surface area (Å²) in [5.74, 6) is -0.363. The van der Waals surface area contributed by atoms with E-state index in [4.69, 9.17) is 9.26 Å². The van der Waals surface area contributed by atoms with Gasteiger partial charge in [0.05, 0.1) is 24.2 Å². The highest BCUT2D eigenvalue weighted by Crippen LogP contribution is 2.20. The Bertz CT molecular complexity index is 1010. The number of carbonyl (C=O) groups is 3. The molecule has 0 radical (unpaired) electrons. The number of urea groups is 1. The lowest BCUT2D eigenvalue weighted by atomic mass is 10.1. The minimum atomic E-state index is -0.607. The third-order valence-corrected chi connectivity index (χ3v) is 4.75. The predicted octanol–water partition coefficient (Wildman–Crippen LogP) is 2.21. The van der Waals surface area contributed by atoms with Crippen LogP contribution in [0.25, 0.3) is 11.5 Å². The Kier molecular flexibility index (Phi) is 4.85. The zero-order valence-corrected chi connectivity index (χ0v) is 15.3. The highest BCUT2D eigenvalue weighted by atomic mass is 32.1. The molecule has 1 aromatic carbocycles. The molecule has 0 saturated carbocycles. The first kappa shape index (κ1) is 17.9. The summed E-state index contributed by atoms with van der Waals surface area (Å²) in [6.07, 6.45) is 0. The molecule has 142 valence electrons. The van der Waals surface area contributed by atoms with Gasteiger partial charge in [-0.25, -0.2) is 9.59 Å². The molecule has 9 nitrogen and oxygen atoms in total. The van der Waals surface area contributed by atoms with Crippen LogP contribution in [0.15, 0.2) is 45.6 Å². The highest BCUT2D eigenvalue weighted by Gasteiger charge is 2.29. The van der Waals surface area contributed by atoms with Crippen molar-refractivity contribution in [3.63, 3.8) is 0 Å². The fourth-order valence-corrected chi connectivity index (χ4v) is 3.30. The molecule has 0 spiro atoms. The van der Waals surface area contributed by atoms with Crippen molar-refractivity contribution in [1.82, 2.24) is 20.4 Å². The van der Waals surface area contributed by atoms with Gasteiger partial charge in [-0.3, -0.25) is 9.69 Å². The van der Waals surface area contributed by atoms with Gasteiger partial charge in [0, 0.05) is 5.38 Å². The number of benzene rings is 1. The quantitative estimate of drug-likeness (QED) is 0.500. The second kappa shape index (κ2) is 7.61. The number of nitrogens with zero attached hydrogens (tertiary/aromatic N) is 3. The van der Waals surface area contributed by atoms with Crippen LogP contribution in [0.4, 0.5) is 4.79 Å². The Balaban J connectivity index is 1.44. The molecule has 0 bridgehead atoms. The van der Waals surface area contributed by atoms with Crippen molar-refractivity contribution in [2.24, 2.45) is 0 Å². The maximum Gasteiger partial charge on any atom is 0.338 e. The van der Waals surface area contributed by atoms with Crippen LogP contribution in [0.2, 0.25) is 0 Å². The van der Waals surface area contributed by atoms with Gasteiger partial charge in [0.15, 0.2) is 6.61 Å². The van der Waals surface area contributed by atoms with Gasteiger partial charge in [-0.2, -0.15) is 16.3 Å². The number of imide groups is 1. The fraction of sp³-hybridized carbons (Fsp3) is 0.167. The molecule has 1 aliphatic rings. The van der Waals surface area contributed by atoms with Crippen LogP contribution in [0, 0.1) is 0 Å². The van der Waals surface area contributed by atoms with Crippen LogP contribution >= 0.6 is 11.3 Å². The molecule has 28 heavy (non-hydrogen) atoms. The van der Waals surface area contributed by atoms with E-state index in [1.165, 1.54) is 11.3 Å². The van der Waals surface area contributed by atoms with Crippen LogP contribution in [0.5, 0.6) is 0 Å². The second-order valence-electron chi connectivity index (χ2n) is 5.90. The predicted molar refractivity (Wildman–Crippen MR) is 97.1 cm³/mol. The molecular weight excluding hydrogens is 384 g/mol. The zero-order chi connectivity index (χ0) is 19.5. The molecule has 0 atom stereocenters. The van der Waals surface area contributed by atoms with Crippen molar-refractivity contribution in [2.45, 2.75) is 13.2 Å². The monoisotopic (exact) mass is 398 g/mol. The molecule has 3 heterocycles. The molecule has 1 aliphatic heterocycles. The standard InChI is InChI=1S/C18H14N4O5S/c23-15-7-19-18(25)22(15)8-11-3-1-2-4-13(11)17(24)26-9-14-20-16(27-21-14)12-5-6-28-10-12/h1-6,10H,7-9H2,(H,19,25). The van der Waals surface area contributed by atoms with Gasteiger partial charge < -0.3 is 14.6 Å². The number of nitrogens with one attached hydrogen (secondary N) is 1. The van der Waals surface area contributed by atoms with Gasteiger partial charge in [-0.1, -0.05) is 23.4 Å². The SMILES string of the molecule is O=C(OCc1noc(-c2ccsc2)n1)c1ccccc1CN1C(=O)CNC1=O. The largest absolute Gasteiger partial charge is 0.454 e. The number of aromatic nitrogens is 2. The van der Waals surface area contributed by atoms with E-state index in [-0.39, 0.29) is 37.0 Å². The van der Waals surface area contributed by atoms with Crippen LogP contribution < -0.4 is 5.32 Å². The van der Waals surface area contributed by atoms with E-state index in [1.807, 2.05) is 16.8 Å². The summed E-state index contributed by atoms with van der Waals surface area (Å²) in [6, 6.07) is 7.99. The Morgan fingerprint density at radius 1 is 1.29 bits per heavy atom. The van der Waals surface area contributed by atoms with Crippen LogP contribution in [-0.4, -0.2) is 39.5 Å². The Morgan fingerprint density at radius 2 is 2.14 bits per heavy atom. The summed E-state index contributed by atoms with van der Waals surface area (Å²) in [6.45, 7) is -0.222. The first-order valence-electron chi connectivity index (χ1n) is 8.30. The topological polar surface area (TPSA) is 115 Å². The van der Waals surface area contributed by atoms with Gasteiger partial charge in [-0.05, 0) is 23.1 Å². The average Bonchev–Trinajstić information content (AvgIpc) is 3.44. The average molecular weight is 398 g/mol. The normalized spacial score (nSPS) is 13.6. The van der Waals surface area contributed by atoms with E-state index in [2.05, 4.69) is 15.5 Å². The van der Waals surface area contributed by atoms with Crippen molar-refractivity contribution >= 4 is 29.2 Å². The molecule has 1 fully saturated rings. The molecule has 0 aliphatic carbocycles. The first-order chi connectivity index (χ1) is 13.6. The van der Waals surface area contributed by atoms with Crippen LogP contribution in [0.1, 0.15) is 21.7 Å². The summed E-state index contributed by atoms with van der Waals surface area (Å²) in [5.41, 5.74) is 1.57. The summed E-state index contributed by atoms with van der Waals surface area (Å²) in [5, 5.41) is 10.0. The summed E-state index contributed by atoms with van der Waals surface area (Å²) in [7, 11) is 0. The van der Waals surface area contributed by atoms with Gasteiger partial charge in [0.25, 0.3) is 5.89 Å². The van der Waals surface area contributed by atoms with Crippen molar-refractivity contribution in [2.75, 3.05) is 6.54 Å². The third kappa shape index (κ3) is 3.62. The number of thiophene rings is 1. The lowest BCUT2D eigenvalue weighted by Gasteiger charge is -2.14. The number of ether oxygens (including phenoxy) is 1. The molecule has 3 amide bonds. The number of carbonyl (C=O) groups excluding carboxylic acids is 3. The maximum absolute atomic E-state index is 12.5. The van der Waals surface area contributed by atoms with Crippen LogP contribution in [0.3, 0.4) is 0 Å². The van der Waals surface area contributed by atoms with Crippen molar-refractivity contribution in [1.29, 1.82) is 0 Å². The minimum Gasteiger partial charge on any atom is -0.454 e. The van der Waals surface area contributed by atoms with E-state index >= 15 is 0 Å². The molecule has 0 unspecified atom stereocenters. The molecule has 10 heteroatoms. The lowest BCUT2D eigenvalue weighted by Crippen LogP contribution is -2.31. The van der Waals surface area contributed by atoms with Gasteiger partial charge in [0.1, 0.15) is 0 Å². The maximum atomic E-state index is 12.5. The number of hydrogen-bond acceptors (Lipinski definition) is 8. The zero-order valence-electron chi connectivity index (χ0n) is 14.5. The minimum absolute atomic E-state index is 0.0134. The number of amides is 3. The smallest absolute Gasteiger partial charge is 0.338 e. The van der Waals surface area contributed by atoms with Crippen LogP contribution in [-0.2, 0) is 22.7 Å². The molecule has 3 aromatic rings. The summed E-state index contributed by atoms with van der Waals surface area (Å²) in [4.78, 5) is 41.3. The molecule has 1 saturated heterocycles.